The molecule has 0 N–H and O–H groups in total. The van der Waals surface area contributed by atoms with Crippen molar-refractivity contribution in [3.05, 3.63) is 247 Å². The van der Waals surface area contributed by atoms with Gasteiger partial charge >= 0.3 is 0 Å². The fourth-order valence-corrected chi connectivity index (χ4v) is 10.1. The molecule has 0 bridgehead atoms. The van der Waals surface area contributed by atoms with Gasteiger partial charge in [0, 0.05) is 49.0 Å². The number of hydrogen-bond donors (Lipinski definition) is 0. The van der Waals surface area contributed by atoms with Gasteiger partial charge < -0.3 is 13.4 Å². The maximum atomic E-state index is 6.12. The Morgan fingerprint density at radius 1 is 0.431 bits per heavy atom. The van der Waals surface area contributed by atoms with Crippen molar-refractivity contribution >= 4 is 82.2 Å². The molecule has 10 aromatic carbocycles. The third-order valence-corrected chi connectivity index (χ3v) is 14.0. The highest BCUT2D eigenvalue weighted by molar-refractivity contribution is 6.20. The average Bonchev–Trinajstić information content (AvgIpc) is 4.10. The summed E-state index contributed by atoms with van der Waals surface area (Å²) in [5.74, 6) is 0.552. The van der Waals surface area contributed by atoms with Crippen LogP contribution < -0.4 is 0 Å². The molecule has 3 aromatic heterocycles. The molecule has 0 saturated carbocycles. The minimum absolute atomic E-state index is 0.552. The zero-order valence-corrected chi connectivity index (χ0v) is 41.8. The Kier molecular flexibility index (Phi) is 12.5. The Morgan fingerprint density at radius 3 is 1.62 bits per heavy atom. The Hall–Kier alpha value is -8.66. The van der Waals surface area contributed by atoms with Gasteiger partial charge in [0.05, 0.1) is 11.0 Å². The van der Waals surface area contributed by atoms with Gasteiger partial charge in [0.2, 0.25) is 0 Å². The Morgan fingerprint density at radius 2 is 0.972 bits per heavy atom. The fraction of sp³-hybridized carbons (Fsp3) is 0.101. The summed E-state index contributed by atoms with van der Waals surface area (Å²) in [6.45, 7) is 12.9. The van der Waals surface area contributed by atoms with Crippen molar-refractivity contribution in [2.45, 2.75) is 47.5 Å². The first kappa shape index (κ1) is 45.8. The number of nitrogens with zero attached hydrogens (tertiary/aromatic N) is 1. The number of rotatable bonds is 6. The lowest BCUT2D eigenvalue weighted by atomic mass is 9.98. The van der Waals surface area contributed by atoms with E-state index in [9.17, 15) is 0 Å². The zero-order chi connectivity index (χ0) is 49.3. The van der Waals surface area contributed by atoms with Crippen LogP contribution in [0.1, 0.15) is 50.3 Å². The quantitative estimate of drug-likeness (QED) is 0.156. The molecule has 3 heteroatoms. The van der Waals surface area contributed by atoms with E-state index in [1.165, 1.54) is 104 Å². The number of para-hydroxylation sites is 3. The van der Waals surface area contributed by atoms with E-state index < -0.39 is 0 Å². The van der Waals surface area contributed by atoms with Gasteiger partial charge in [-0.05, 0) is 115 Å². The van der Waals surface area contributed by atoms with Crippen LogP contribution in [0.4, 0.5) is 0 Å². The maximum absolute atomic E-state index is 6.12. The molecular weight excluding hydrogens is 875 g/mol. The summed E-state index contributed by atoms with van der Waals surface area (Å²) in [4.78, 5) is 0. The number of hydrogen-bond acceptors (Lipinski definition) is 2. The normalized spacial score (nSPS) is 11.9. The molecule has 350 valence electrons. The third kappa shape index (κ3) is 8.69. The highest BCUT2D eigenvalue weighted by atomic mass is 16.3. The van der Waals surface area contributed by atoms with Gasteiger partial charge in [0.15, 0.2) is 0 Å². The fourth-order valence-electron chi connectivity index (χ4n) is 10.1. The van der Waals surface area contributed by atoms with E-state index in [0.717, 1.165) is 27.9 Å². The third-order valence-electron chi connectivity index (χ3n) is 14.0. The molecule has 0 aliphatic heterocycles. The molecule has 0 spiro atoms. The van der Waals surface area contributed by atoms with Crippen LogP contribution >= 0.6 is 0 Å². The Labute approximate surface area is 421 Å². The van der Waals surface area contributed by atoms with Crippen LogP contribution in [-0.4, -0.2) is 4.57 Å². The van der Waals surface area contributed by atoms with Crippen LogP contribution in [0.3, 0.4) is 0 Å². The lowest BCUT2D eigenvalue weighted by Gasteiger charge is -2.11. The summed E-state index contributed by atoms with van der Waals surface area (Å²) in [5.41, 5.74) is 18.8. The van der Waals surface area contributed by atoms with Crippen molar-refractivity contribution in [2.24, 2.45) is 0 Å². The summed E-state index contributed by atoms with van der Waals surface area (Å²) < 4.78 is 14.4. The van der Waals surface area contributed by atoms with E-state index >= 15 is 0 Å². The van der Waals surface area contributed by atoms with Gasteiger partial charge in [-0.3, -0.25) is 0 Å². The largest absolute Gasteiger partial charge is 0.456 e. The van der Waals surface area contributed by atoms with Crippen LogP contribution in [0.25, 0.3) is 116 Å². The number of furan rings is 2. The van der Waals surface area contributed by atoms with Gasteiger partial charge in [-0.25, -0.2) is 0 Å². The number of benzene rings is 10. The predicted octanol–water partition coefficient (Wildman–Crippen LogP) is 20.3. The SMILES string of the molecule is C/C=C\C(=C/C)n1c2ccc(-c3ccc(C)cc3)cc2c2ccc3ccccc3c21.CC(C)c1ccc(-c2cccc3c2oc2ccccc23)cc1.Cc1ccc(-c2ccc3oc4ccccc4c3c2)cc1. The zero-order valence-electron chi connectivity index (χ0n) is 41.8. The van der Waals surface area contributed by atoms with Crippen LogP contribution in [0.5, 0.6) is 0 Å². The van der Waals surface area contributed by atoms with Crippen molar-refractivity contribution in [3.63, 3.8) is 0 Å². The first-order valence-electron chi connectivity index (χ1n) is 25.1. The molecule has 0 amide bonds. The minimum atomic E-state index is 0.552. The lowest BCUT2D eigenvalue weighted by Crippen LogP contribution is -1.95. The molecule has 0 atom stereocenters. The Balaban J connectivity index is 0.000000120. The van der Waals surface area contributed by atoms with Crippen molar-refractivity contribution in [1.29, 1.82) is 0 Å². The average molecular weight is 932 g/mol. The monoisotopic (exact) mass is 931 g/mol. The van der Waals surface area contributed by atoms with Crippen molar-refractivity contribution in [3.8, 4) is 33.4 Å². The highest BCUT2D eigenvalue weighted by Crippen LogP contribution is 2.40. The molecule has 13 aromatic rings. The van der Waals surface area contributed by atoms with Crippen LogP contribution in [0.15, 0.2) is 239 Å². The van der Waals surface area contributed by atoms with Gasteiger partial charge in [-0.15, -0.1) is 0 Å². The molecule has 13 rings (SSSR count). The van der Waals surface area contributed by atoms with Crippen LogP contribution in [0, 0.1) is 13.8 Å². The molecule has 3 heterocycles. The number of aromatic nitrogens is 1. The van der Waals surface area contributed by atoms with Crippen molar-refractivity contribution < 1.29 is 8.83 Å². The molecule has 0 saturated heterocycles. The molecule has 0 aliphatic rings. The van der Waals surface area contributed by atoms with Gasteiger partial charge in [-0.1, -0.05) is 213 Å². The molecular formula is C69H57NO2. The Bertz CT molecular complexity index is 4140. The minimum Gasteiger partial charge on any atom is -0.456 e. The lowest BCUT2D eigenvalue weighted by molar-refractivity contribution is 0.669. The number of aryl methyl sites for hydroxylation is 2. The smallest absolute Gasteiger partial charge is 0.143 e. The second kappa shape index (κ2) is 19.6. The van der Waals surface area contributed by atoms with E-state index in [1.54, 1.807) is 0 Å². The summed E-state index contributed by atoms with van der Waals surface area (Å²) in [6.07, 6.45) is 6.49. The standard InChI is InChI=1S/C29H25N.C21H18O.C19H14O/c1-4-8-24(5-2)30-28-18-16-23(21-13-11-20(3)12-14-21)19-27(28)26-17-15-22-9-6-7-10-25(22)29(26)30;1-14(2)15-10-12-16(13-11-15)17-7-5-8-19-18-6-3-4-9-20(18)22-21(17)19;1-13-6-8-14(9-7-13)15-10-11-19-17(12-15)16-4-2-3-5-18(16)20-19/h4-19H,1-3H3;3-14H,1-2H3;2-12H,1H3/b8-4-,24-5+;;. The number of fused-ring (bicyclic) bond motifs is 11. The predicted molar refractivity (Wildman–Crippen MR) is 309 cm³/mol. The summed E-state index contributed by atoms with van der Waals surface area (Å²) in [6, 6.07) is 75.4. The van der Waals surface area contributed by atoms with E-state index in [0.29, 0.717) is 5.92 Å². The van der Waals surface area contributed by atoms with Gasteiger partial charge in [0.25, 0.3) is 0 Å². The van der Waals surface area contributed by atoms with E-state index in [1.807, 2.05) is 24.3 Å². The molecule has 0 fully saturated rings. The topological polar surface area (TPSA) is 31.2 Å². The first-order valence-corrected chi connectivity index (χ1v) is 25.1. The van der Waals surface area contributed by atoms with E-state index in [-0.39, 0.29) is 0 Å². The second-order valence-corrected chi connectivity index (χ2v) is 19.1. The van der Waals surface area contributed by atoms with Crippen LogP contribution in [0.2, 0.25) is 0 Å². The van der Waals surface area contributed by atoms with Gasteiger partial charge in [-0.2, -0.15) is 0 Å². The van der Waals surface area contributed by atoms with Crippen molar-refractivity contribution in [2.75, 3.05) is 0 Å². The van der Waals surface area contributed by atoms with Crippen molar-refractivity contribution in [1.82, 2.24) is 4.57 Å². The molecule has 0 unspecified atom stereocenters. The molecule has 72 heavy (non-hydrogen) atoms. The van der Waals surface area contributed by atoms with E-state index in [2.05, 4.69) is 252 Å². The molecule has 0 aliphatic carbocycles. The maximum Gasteiger partial charge on any atom is 0.143 e. The molecule has 3 nitrogen and oxygen atoms in total. The summed E-state index contributed by atoms with van der Waals surface area (Å²) in [7, 11) is 0. The van der Waals surface area contributed by atoms with E-state index in [4.69, 9.17) is 8.83 Å². The summed E-state index contributed by atoms with van der Waals surface area (Å²) >= 11 is 0. The summed E-state index contributed by atoms with van der Waals surface area (Å²) in [5, 5.41) is 9.85. The van der Waals surface area contributed by atoms with Crippen LogP contribution in [-0.2, 0) is 0 Å². The van der Waals surface area contributed by atoms with Gasteiger partial charge in [0.1, 0.15) is 22.3 Å². The highest BCUT2D eigenvalue weighted by Gasteiger charge is 2.17. The molecule has 0 radical (unpaired) electrons. The number of allylic oxidation sites excluding steroid dienone is 4. The first-order chi connectivity index (χ1) is 35.3. The second-order valence-electron chi connectivity index (χ2n) is 19.1.